The van der Waals surface area contributed by atoms with Gasteiger partial charge in [-0.2, -0.15) is 0 Å². The Morgan fingerprint density at radius 2 is 2.16 bits per heavy atom. The predicted molar refractivity (Wildman–Crippen MR) is 78.3 cm³/mol. The number of likely N-dealkylation sites (tertiary alicyclic amines) is 1. The quantitative estimate of drug-likeness (QED) is 0.841. The molecule has 1 heterocycles. The lowest BCUT2D eigenvalue weighted by atomic mass is 10.1. The van der Waals surface area contributed by atoms with Crippen molar-refractivity contribution in [3.8, 4) is 0 Å². The van der Waals surface area contributed by atoms with E-state index in [4.69, 9.17) is 5.11 Å². The van der Waals surface area contributed by atoms with Crippen molar-refractivity contribution in [1.29, 1.82) is 0 Å². The second kappa shape index (κ2) is 6.96. The molecule has 1 atom stereocenters. The molecule has 1 aliphatic rings. The monoisotopic (exact) mass is 279 g/mol. The molecule has 0 radical (unpaired) electrons. The topological polar surface area (TPSA) is 40.5 Å². The van der Waals surface area contributed by atoms with Gasteiger partial charge in [0.05, 0.1) is 0 Å². The maximum Gasteiger partial charge on any atom is 0.223 e. The first-order valence-corrected chi connectivity index (χ1v) is 7.75. The minimum absolute atomic E-state index is 0.196. The molecule has 19 heavy (non-hydrogen) atoms. The molecule has 1 unspecified atom stereocenters. The summed E-state index contributed by atoms with van der Waals surface area (Å²) >= 11 is 1.73. The van der Waals surface area contributed by atoms with Gasteiger partial charge in [0.15, 0.2) is 0 Å². The van der Waals surface area contributed by atoms with Crippen molar-refractivity contribution in [3.63, 3.8) is 0 Å². The van der Waals surface area contributed by atoms with Gasteiger partial charge in [0.25, 0.3) is 0 Å². The third kappa shape index (κ3) is 4.25. The summed E-state index contributed by atoms with van der Waals surface area (Å²) in [5.41, 5.74) is 1.26. The number of aliphatic hydroxyl groups is 1. The molecule has 1 amide bonds. The third-order valence-electron chi connectivity index (χ3n) is 3.50. The van der Waals surface area contributed by atoms with Crippen LogP contribution in [0.1, 0.15) is 18.4 Å². The molecule has 0 saturated carbocycles. The van der Waals surface area contributed by atoms with Crippen LogP contribution in [0.2, 0.25) is 0 Å². The lowest BCUT2D eigenvalue weighted by Crippen LogP contribution is -2.29. The van der Waals surface area contributed by atoms with E-state index in [1.807, 2.05) is 4.90 Å². The molecule has 3 nitrogen and oxygen atoms in total. The average molecular weight is 279 g/mol. The van der Waals surface area contributed by atoms with Gasteiger partial charge in [-0.1, -0.05) is 17.7 Å². The van der Waals surface area contributed by atoms with E-state index in [-0.39, 0.29) is 18.4 Å². The number of carbonyl (C=O) groups is 1. The molecule has 1 aromatic carbocycles. The summed E-state index contributed by atoms with van der Waals surface area (Å²) in [4.78, 5) is 15.1. The molecule has 1 fully saturated rings. The normalized spacial score (nSPS) is 18.8. The Balaban J connectivity index is 1.71. The van der Waals surface area contributed by atoms with Gasteiger partial charge < -0.3 is 10.0 Å². The minimum Gasteiger partial charge on any atom is -0.396 e. The minimum atomic E-state index is 0.196. The fraction of sp³-hybridized carbons (Fsp3) is 0.533. The predicted octanol–water partition coefficient (Wildman–Crippen LogP) is 2.32. The van der Waals surface area contributed by atoms with Crippen molar-refractivity contribution in [3.05, 3.63) is 29.8 Å². The molecular weight excluding hydrogens is 258 g/mol. The van der Waals surface area contributed by atoms with Crippen LogP contribution in [0.3, 0.4) is 0 Å². The summed E-state index contributed by atoms with van der Waals surface area (Å²) in [7, 11) is 0. The van der Waals surface area contributed by atoms with Crippen LogP contribution in [-0.4, -0.2) is 41.4 Å². The molecule has 0 aromatic heterocycles. The summed E-state index contributed by atoms with van der Waals surface area (Å²) in [6, 6.07) is 8.39. The summed E-state index contributed by atoms with van der Waals surface area (Å²) in [6.07, 6.45) is 1.52. The Morgan fingerprint density at radius 1 is 1.42 bits per heavy atom. The number of amides is 1. The first-order valence-electron chi connectivity index (χ1n) is 6.77. The molecule has 4 heteroatoms. The van der Waals surface area contributed by atoms with E-state index in [0.717, 1.165) is 25.3 Å². The summed E-state index contributed by atoms with van der Waals surface area (Å²) in [5.74, 6) is 1.33. The number of aliphatic hydroxyl groups excluding tert-OH is 1. The number of rotatable bonds is 5. The highest BCUT2D eigenvalue weighted by Gasteiger charge is 2.24. The van der Waals surface area contributed by atoms with Gasteiger partial charge >= 0.3 is 0 Å². The highest BCUT2D eigenvalue weighted by Crippen LogP contribution is 2.21. The van der Waals surface area contributed by atoms with E-state index < -0.39 is 0 Å². The molecule has 104 valence electrons. The summed E-state index contributed by atoms with van der Waals surface area (Å²) in [6.45, 7) is 3.80. The Labute approximate surface area is 119 Å². The lowest BCUT2D eigenvalue weighted by Gasteiger charge is -2.15. The van der Waals surface area contributed by atoms with Crippen LogP contribution in [0.5, 0.6) is 0 Å². The lowest BCUT2D eigenvalue weighted by molar-refractivity contribution is -0.129. The zero-order valence-electron chi connectivity index (χ0n) is 11.3. The van der Waals surface area contributed by atoms with Gasteiger partial charge in [0.1, 0.15) is 0 Å². The van der Waals surface area contributed by atoms with Crippen molar-refractivity contribution in [2.45, 2.75) is 24.7 Å². The van der Waals surface area contributed by atoms with Crippen LogP contribution >= 0.6 is 11.8 Å². The van der Waals surface area contributed by atoms with Gasteiger partial charge in [-0.3, -0.25) is 4.79 Å². The molecule has 0 spiro atoms. The van der Waals surface area contributed by atoms with E-state index in [9.17, 15) is 4.79 Å². The van der Waals surface area contributed by atoms with Gasteiger partial charge in [-0.15, -0.1) is 11.8 Å². The summed E-state index contributed by atoms with van der Waals surface area (Å²) < 4.78 is 0. The molecular formula is C15H21NO2S. The standard InChI is InChI=1S/C15H21NO2S/c1-12-2-4-14(5-3-12)19-9-7-15(18)16-8-6-13(10-16)11-17/h2-5,13,17H,6-11H2,1H3. The molecule has 1 N–H and O–H groups in total. The second-order valence-electron chi connectivity index (χ2n) is 5.09. The van der Waals surface area contributed by atoms with Gasteiger partial charge in [0, 0.05) is 42.7 Å². The third-order valence-corrected chi connectivity index (χ3v) is 4.52. The smallest absolute Gasteiger partial charge is 0.223 e. The summed E-state index contributed by atoms with van der Waals surface area (Å²) in [5, 5.41) is 9.07. The largest absolute Gasteiger partial charge is 0.396 e. The van der Waals surface area contributed by atoms with Gasteiger partial charge in [0.2, 0.25) is 5.91 Å². The Kier molecular flexibility index (Phi) is 5.28. The number of hydrogen-bond donors (Lipinski definition) is 1. The van der Waals surface area contributed by atoms with Crippen LogP contribution in [0.15, 0.2) is 29.2 Å². The Hall–Kier alpha value is -1.00. The van der Waals surface area contributed by atoms with Crippen molar-refractivity contribution < 1.29 is 9.90 Å². The number of thioether (sulfide) groups is 1. The maximum atomic E-state index is 12.0. The zero-order chi connectivity index (χ0) is 13.7. The Morgan fingerprint density at radius 3 is 2.79 bits per heavy atom. The van der Waals surface area contributed by atoms with Crippen molar-refractivity contribution >= 4 is 17.7 Å². The van der Waals surface area contributed by atoms with Gasteiger partial charge in [-0.05, 0) is 25.5 Å². The molecule has 1 aliphatic heterocycles. The van der Waals surface area contributed by atoms with Crippen LogP contribution < -0.4 is 0 Å². The molecule has 1 saturated heterocycles. The molecule has 0 aliphatic carbocycles. The molecule has 0 bridgehead atoms. The van der Waals surface area contributed by atoms with E-state index in [0.29, 0.717) is 6.42 Å². The highest BCUT2D eigenvalue weighted by molar-refractivity contribution is 7.99. The van der Waals surface area contributed by atoms with Crippen LogP contribution in [-0.2, 0) is 4.79 Å². The first kappa shape index (κ1) is 14.4. The van der Waals surface area contributed by atoms with E-state index in [2.05, 4.69) is 31.2 Å². The van der Waals surface area contributed by atoms with E-state index in [1.165, 1.54) is 10.5 Å². The number of aryl methyl sites for hydroxylation is 1. The fourth-order valence-corrected chi connectivity index (χ4v) is 3.10. The number of carbonyl (C=O) groups excluding carboxylic acids is 1. The van der Waals surface area contributed by atoms with E-state index >= 15 is 0 Å². The number of benzene rings is 1. The second-order valence-corrected chi connectivity index (χ2v) is 6.26. The average Bonchev–Trinajstić information content (AvgIpc) is 2.90. The van der Waals surface area contributed by atoms with Crippen LogP contribution in [0, 0.1) is 12.8 Å². The van der Waals surface area contributed by atoms with E-state index in [1.54, 1.807) is 11.8 Å². The number of nitrogens with zero attached hydrogens (tertiary/aromatic N) is 1. The SMILES string of the molecule is Cc1ccc(SCCC(=O)N2CCC(CO)C2)cc1. The molecule has 2 rings (SSSR count). The van der Waals surface area contributed by atoms with Gasteiger partial charge in [-0.25, -0.2) is 0 Å². The highest BCUT2D eigenvalue weighted by atomic mass is 32.2. The maximum absolute atomic E-state index is 12.0. The number of hydrogen-bond acceptors (Lipinski definition) is 3. The Bertz CT molecular complexity index is 419. The van der Waals surface area contributed by atoms with Crippen molar-refractivity contribution in [1.82, 2.24) is 4.90 Å². The van der Waals surface area contributed by atoms with Crippen LogP contribution in [0.25, 0.3) is 0 Å². The zero-order valence-corrected chi connectivity index (χ0v) is 12.2. The van der Waals surface area contributed by atoms with Crippen molar-refractivity contribution in [2.24, 2.45) is 5.92 Å². The van der Waals surface area contributed by atoms with Crippen molar-refractivity contribution in [2.75, 3.05) is 25.4 Å². The first-order chi connectivity index (χ1) is 9.19. The fourth-order valence-electron chi connectivity index (χ4n) is 2.26. The molecule has 1 aromatic rings. The van der Waals surface area contributed by atoms with Crippen LogP contribution in [0.4, 0.5) is 0 Å².